The maximum Gasteiger partial charge on any atom is 2.00 e. The van der Waals surface area contributed by atoms with Gasteiger partial charge in [0.25, 0.3) is 0 Å². The van der Waals surface area contributed by atoms with E-state index in [2.05, 4.69) is 272 Å². The van der Waals surface area contributed by atoms with Crippen LogP contribution in [0.4, 0.5) is 0 Å². The molecule has 12 nitrogen and oxygen atoms in total. The van der Waals surface area contributed by atoms with Crippen LogP contribution in [-0.2, 0) is 43.2 Å². The average molecular weight is 1220 g/mol. The molecule has 0 saturated heterocycles. The Hall–Kier alpha value is -10.2. The van der Waals surface area contributed by atoms with Crippen LogP contribution in [0.3, 0.4) is 0 Å². The van der Waals surface area contributed by atoms with Crippen molar-refractivity contribution in [2.75, 3.05) is 26.4 Å². The van der Waals surface area contributed by atoms with E-state index in [0.29, 0.717) is 26.4 Å². The topological polar surface area (TPSA) is 110 Å². The predicted molar refractivity (Wildman–Crippen MR) is 348 cm³/mol. The molecule has 0 saturated carbocycles. The number of nitrogens with one attached hydrogen (secondary N) is 2. The van der Waals surface area contributed by atoms with Gasteiger partial charge >= 0.3 is 17.1 Å². The van der Waals surface area contributed by atoms with Crippen LogP contribution in [-0.4, -0.2) is 46.4 Å². The number of benzene rings is 4. The van der Waals surface area contributed by atoms with Crippen molar-refractivity contribution in [3.05, 3.63) is 266 Å². The first-order valence-electron chi connectivity index (χ1n) is 30.5. The summed E-state index contributed by atoms with van der Waals surface area (Å²) in [5, 5.41) is 0. The van der Waals surface area contributed by atoms with Gasteiger partial charge in [-0.25, -0.2) is 28.2 Å². The third kappa shape index (κ3) is 14.8. The van der Waals surface area contributed by atoms with Crippen molar-refractivity contribution < 1.29 is 54.3 Å². The van der Waals surface area contributed by atoms with Gasteiger partial charge in [-0.3, -0.25) is 0 Å². The van der Waals surface area contributed by atoms with E-state index >= 15 is 0 Å². The number of hydrogen-bond donors (Lipinski definition) is 2. The van der Waals surface area contributed by atoms with Crippen molar-refractivity contribution in [3.63, 3.8) is 0 Å². The molecule has 0 aliphatic carbocycles. The average Bonchev–Trinajstić information content (AvgIpc) is 3.10. The summed E-state index contributed by atoms with van der Waals surface area (Å²) < 4.78 is 34.0. The van der Waals surface area contributed by atoms with Crippen LogP contribution < -0.4 is 37.2 Å². The van der Waals surface area contributed by atoms with Crippen molar-refractivity contribution in [1.82, 2.24) is 19.9 Å². The van der Waals surface area contributed by atoms with E-state index in [9.17, 15) is 0 Å². The minimum absolute atomic E-state index is 0. The van der Waals surface area contributed by atoms with Crippen LogP contribution in [0.25, 0.3) is 90.9 Å². The largest absolute Gasteiger partial charge is 2.00 e. The number of aromatic amines is 2. The second-order valence-electron chi connectivity index (χ2n) is 21.9. The van der Waals surface area contributed by atoms with Crippen LogP contribution in [0.1, 0.15) is 48.5 Å². The Morgan fingerprint density at radius 1 is 0.270 bits per heavy atom. The monoisotopic (exact) mass is 1220 g/mol. The SMILES string of the molecule is C1=Cc2nc1c(-c1ccc(OCCC[n+]3ccccc3)cc1)c1ccc([nH]1)c(-c1ccc(OCCC[n+]3ccccc3)cc1)c1nc(c(-c3ccc(OCCC[n+]4ccccc4)cc3)c3ccc([nH]3)c2-c2ccc(OCCC[n+]3ccccc3)cc2)C=C1.[Cu+2]. The molecule has 9 heterocycles. The van der Waals surface area contributed by atoms with Crippen molar-refractivity contribution in [3.8, 4) is 67.5 Å². The fraction of sp³-hybridized carbons (Fsp3) is 0.158. The smallest absolute Gasteiger partial charge is 0.493 e. The summed E-state index contributed by atoms with van der Waals surface area (Å²) in [6, 6.07) is 66.8. The van der Waals surface area contributed by atoms with Gasteiger partial charge in [0.1, 0.15) is 23.0 Å². The number of ether oxygens (including phenoxy) is 4. The molecule has 11 aromatic rings. The van der Waals surface area contributed by atoms with E-state index in [1.807, 2.05) is 24.3 Å². The van der Waals surface area contributed by atoms with Crippen molar-refractivity contribution in [2.24, 2.45) is 0 Å². The van der Waals surface area contributed by atoms with Gasteiger partial charge in [0, 0.05) is 119 Å². The summed E-state index contributed by atoms with van der Waals surface area (Å²) in [4.78, 5) is 19.0. The number of H-pyrrole nitrogens is 2. The van der Waals surface area contributed by atoms with Gasteiger partial charge in [-0.15, -0.1) is 0 Å². The second-order valence-corrected chi connectivity index (χ2v) is 21.9. The van der Waals surface area contributed by atoms with Crippen molar-refractivity contribution in [2.45, 2.75) is 51.9 Å². The molecular weight excluding hydrogens is 1150 g/mol. The molecule has 4 aromatic carbocycles. The van der Waals surface area contributed by atoms with Gasteiger partial charge in [-0.2, -0.15) is 0 Å². The van der Waals surface area contributed by atoms with E-state index in [4.69, 9.17) is 28.9 Å². The number of nitrogens with zero attached hydrogens (tertiary/aromatic N) is 6. The first kappa shape index (κ1) is 59.1. The molecule has 0 unspecified atom stereocenters. The third-order valence-electron chi connectivity index (χ3n) is 15.8. The van der Waals surface area contributed by atoms with Gasteiger partial charge < -0.3 is 28.9 Å². The van der Waals surface area contributed by atoms with E-state index in [1.54, 1.807) is 0 Å². The van der Waals surface area contributed by atoms with Gasteiger partial charge in [0.2, 0.25) is 0 Å². The molecule has 2 N–H and O–H groups in total. The Labute approximate surface area is 529 Å². The van der Waals surface area contributed by atoms with Crippen LogP contribution in [0.15, 0.2) is 244 Å². The molecule has 0 spiro atoms. The van der Waals surface area contributed by atoms with Crippen molar-refractivity contribution in [1.29, 1.82) is 0 Å². The number of pyridine rings is 4. The molecule has 443 valence electrons. The molecule has 7 aromatic heterocycles. The number of hydrogen-bond acceptors (Lipinski definition) is 6. The quantitative estimate of drug-likeness (QED) is 0.0354. The normalized spacial score (nSPS) is 11.5. The summed E-state index contributed by atoms with van der Waals surface area (Å²) in [6.07, 6.45) is 28.7. The first-order chi connectivity index (χ1) is 43.6. The molecule has 2 aliphatic heterocycles. The summed E-state index contributed by atoms with van der Waals surface area (Å²) in [5.41, 5.74) is 14.7. The molecule has 0 fully saturated rings. The summed E-state index contributed by atoms with van der Waals surface area (Å²) >= 11 is 0. The maximum absolute atomic E-state index is 6.33. The number of rotatable bonds is 24. The maximum atomic E-state index is 6.33. The first-order valence-corrected chi connectivity index (χ1v) is 30.5. The Morgan fingerprint density at radius 3 is 0.697 bits per heavy atom. The molecule has 0 atom stereocenters. The summed E-state index contributed by atoms with van der Waals surface area (Å²) in [5.74, 6) is 3.24. The second kappa shape index (κ2) is 29.0. The predicted octanol–water partition coefficient (Wildman–Crippen LogP) is 14.3. The standard InChI is InChI=1S/C76H70N8O4.Cu/c1-5-41-81(42-6-1)49-13-53-85-61-25-17-57(18-26-61)73-65-33-35-67(77-65)74(58-19-27-62(28-20-58)86-54-14-50-82-43-7-2-8-44-82)69-37-39-71(79-69)76(60-23-31-64(32-24-60)88-56-16-52-84-47-11-4-12-48-84)72-40-38-70(80-72)75(68-36-34-66(73)78-68)59-21-29-63(30-22-59)87-55-15-51-83-45-9-3-10-46-83;/h1-12,17-48,77,80H,13-16,49-56H2;/q+4;+2. The van der Waals surface area contributed by atoms with Gasteiger partial charge in [-0.1, -0.05) is 72.8 Å². The van der Waals surface area contributed by atoms with Crippen molar-refractivity contribution >= 4 is 46.4 Å². The Balaban J connectivity index is 0.00000769. The minimum atomic E-state index is 0. The molecule has 13 rings (SSSR count). The van der Waals surface area contributed by atoms with E-state index < -0.39 is 0 Å². The fourth-order valence-corrected chi connectivity index (χ4v) is 11.4. The van der Waals surface area contributed by atoms with Gasteiger partial charge in [-0.05, 0) is 119 Å². The Bertz CT molecular complexity index is 3800. The Kier molecular flexibility index (Phi) is 19.3. The van der Waals surface area contributed by atoms with Crippen LogP contribution >= 0.6 is 0 Å². The molecule has 8 bridgehead atoms. The van der Waals surface area contributed by atoms with E-state index in [-0.39, 0.29) is 17.1 Å². The van der Waals surface area contributed by atoms with Crippen LogP contribution in [0.5, 0.6) is 23.0 Å². The van der Waals surface area contributed by atoms with Crippen LogP contribution in [0, 0.1) is 0 Å². The summed E-state index contributed by atoms with van der Waals surface area (Å²) in [6.45, 7) is 5.87. The zero-order valence-electron chi connectivity index (χ0n) is 49.5. The molecular formula is C76H70CuN8O4+6. The number of fused-ring (bicyclic) bond motifs is 8. The van der Waals surface area contributed by atoms with E-state index in [1.165, 1.54) is 0 Å². The number of aromatic nitrogens is 8. The van der Waals surface area contributed by atoms with Gasteiger partial charge in [0.05, 0.1) is 49.2 Å². The fourth-order valence-electron chi connectivity index (χ4n) is 11.4. The molecule has 0 amide bonds. The van der Waals surface area contributed by atoms with Crippen LogP contribution in [0.2, 0.25) is 0 Å². The number of aryl methyl sites for hydroxylation is 4. The third-order valence-corrected chi connectivity index (χ3v) is 15.8. The molecule has 2 aliphatic rings. The van der Waals surface area contributed by atoms with Gasteiger partial charge in [0.15, 0.2) is 75.8 Å². The molecule has 1 radical (unpaired) electrons. The molecule has 13 heteroatoms. The summed E-state index contributed by atoms with van der Waals surface area (Å²) in [7, 11) is 0. The zero-order valence-corrected chi connectivity index (χ0v) is 50.4. The van der Waals surface area contributed by atoms with E-state index in [0.717, 1.165) is 164 Å². The Morgan fingerprint density at radius 2 is 0.483 bits per heavy atom. The zero-order chi connectivity index (χ0) is 59.1. The minimum Gasteiger partial charge on any atom is -0.493 e. The molecule has 89 heavy (non-hydrogen) atoms.